The molecule has 4 heteroatoms. The third kappa shape index (κ3) is 7.25. The molecule has 1 aliphatic heterocycles. The molecule has 0 spiro atoms. The third-order valence-electron chi connectivity index (χ3n) is 3.60. The Morgan fingerprint density at radius 1 is 1.42 bits per heavy atom. The second-order valence-corrected chi connectivity index (χ2v) is 5.93. The van der Waals surface area contributed by atoms with Gasteiger partial charge in [0.1, 0.15) is 0 Å². The van der Waals surface area contributed by atoms with E-state index in [-0.39, 0.29) is 12.6 Å². The molecule has 1 aliphatic rings. The lowest BCUT2D eigenvalue weighted by Gasteiger charge is -2.33. The van der Waals surface area contributed by atoms with E-state index in [9.17, 15) is 5.11 Å². The van der Waals surface area contributed by atoms with Gasteiger partial charge in [-0.25, -0.2) is 0 Å². The fourth-order valence-electron chi connectivity index (χ4n) is 2.67. The number of aliphatic hydroxyl groups is 1. The van der Waals surface area contributed by atoms with Crippen molar-refractivity contribution >= 4 is 0 Å². The van der Waals surface area contributed by atoms with Crippen molar-refractivity contribution in [3.63, 3.8) is 0 Å². The number of piperidine rings is 1. The van der Waals surface area contributed by atoms with Gasteiger partial charge in [0.2, 0.25) is 0 Å². The predicted octanol–water partition coefficient (Wildman–Crippen LogP) is 1.63. The topological polar surface area (TPSA) is 44.7 Å². The van der Waals surface area contributed by atoms with E-state index in [2.05, 4.69) is 31.0 Å². The van der Waals surface area contributed by atoms with Crippen molar-refractivity contribution in [3.05, 3.63) is 0 Å². The Morgan fingerprint density at radius 2 is 2.21 bits per heavy atom. The second-order valence-electron chi connectivity index (χ2n) is 5.93. The molecular weight excluding hydrogens is 240 g/mol. The first-order valence-corrected chi connectivity index (χ1v) is 7.86. The van der Waals surface area contributed by atoms with E-state index in [4.69, 9.17) is 4.74 Å². The van der Waals surface area contributed by atoms with Gasteiger partial charge in [-0.3, -0.25) is 0 Å². The van der Waals surface area contributed by atoms with Crippen LogP contribution in [0.4, 0.5) is 0 Å². The Morgan fingerprint density at radius 3 is 2.84 bits per heavy atom. The molecule has 0 amide bonds. The van der Waals surface area contributed by atoms with Crippen LogP contribution in [0.2, 0.25) is 0 Å². The standard InChI is InChI=1S/C15H32N2O2/c1-4-10-19-15-6-5-8-17(11-15)9-7-14(12-18)16-13(2)3/h13-16,18H,4-12H2,1-3H3. The van der Waals surface area contributed by atoms with Crippen molar-refractivity contribution in [2.24, 2.45) is 0 Å². The minimum absolute atomic E-state index is 0.219. The van der Waals surface area contributed by atoms with Crippen LogP contribution < -0.4 is 5.32 Å². The monoisotopic (exact) mass is 272 g/mol. The van der Waals surface area contributed by atoms with Gasteiger partial charge < -0.3 is 20.1 Å². The van der Waals surface area contributed by atoms with E-state index in [1.165, 1.54) is 19.4 Å². The number of hydrogen-bond donors (Lipinski definition) is 2. The quantitative estimate of drug-likeness (QED) is 0.669. The summed E-state index contributed by atoms with van der Waals surface area (Å²) in [5.74, 6) is 0. The summed E-state index contributed by atoms with van der Waals surface area (Å²) in [5, 5.41) is 12.8. The molecule has 0 aliphatic carbocycles. The Bertz CT molecular complexity index is 224. The summed E-state index contributed by atoms with van der Waals surface area (Å²) >= 11 is 0. The van der Waals surface area contributed by atoms with E-state index in [1.807, 2.05) is 0 Å². The fourth-order valence-corrected chi connectivity index (χ4v) is 2.67. The zero-order valence-corrected chi connectivity index (χ0v) is 12.9. The van der Waals surface area contributed by atoms with Gasteiger partial charge in [-0.1, -0.05) is 20.8 Å². The molecule has 1 rings (SSSR count). The number of aliphatic hydroxyl groups excluding tert-OH is 1. The number of hydrogen-bond acceptors (Lipinski definition) is 4. The predicted molar refractivity (Wildman–Crippen MR) is 79.5 cm³/mol. The average molecular weight is 272 g/mol. The molecule has 4 nitrogen and oxygen atoms in total. The molecular formula is C15H32N2O2. The van der Waals surface area contributed by atoms with Gasteiger partial charge >= 0.3 is 0 Å². The maximum absolute atomic E-state index is 9.37. The number of ether oxygens (including phenoxy) is 1. The first kappa shape index (κ1) is 16.9. The summed E-state index contributed by atoms with van der Waals surface area (Å²) < 4.78 is 5.85. The summed E-state index contributed by atoms with van der Waals surface area (Å²) in [7, 11) is 0. The van der Waals surface area contributed by atoms with Crippen molar-refractivity contribution < 1.29 is 9.84 Å². The summed E-state index contributed by atoms with van der Waals surface area (Å²) in [5.41, 5.74) is 0. The molecule has 114 valence electrons. The van der Waals surface area contributed by atoms with Crippen LogP contribution in [0, 0.1) is 0 Å². The molecule has 1 fully saturated rings. The summed E-state index contributed by atoms with van der Waals surface area (Å²) in [6, 6.07) is 0.649. The minimum Gasteiger partial charge on any atom is -0.395 e. The van der Waals surface area contributed by atoms with Gasteiger partial charge in [-0.2, -0.15) is 0 Å². The summed E-state index contributed by atoms with van der Waals surface area (Å²) in [4.78, 5) is 2.48. The molecule has 1 heterocycles. The van der Waals surface area contributed by atoms with Crippen LogP contribution in [0.15, 0.2) is 0 Å². The smallest absolute Gasteiger partial charge is 0.0702 e. The molecule has 2 atom stereocenters. The molecule has 2 unspecified atom stereocenters. The molecule has 0 saturated carbocycles. The number of rotatable bonds is 9. The number of nitrogens with one attached hydrogen (secondary N) is 1. The zero-order chi connectivity index (χ0) is 14.1. The van der Waals surface area contributed by atoms with Gasteiger partial charge in [0.25, 0.3) is 0 Å². The van der Waals surface area contributed by atoms with Crippen molar-refractivity contribution in [1.29, 1.82) is 0 Å². The Labute approximate surface area is 118 Å². The van der Waals surface area contributed by atoms with E-state index in [0.29, 0.717) is 12.1 Å². The van der Waals surface area contributed by atoms with Crippen LogP contribution in [0.25, 0.3) is 0 Å². The SMILES string of the molecule is CCCOC1CCCN(CCC(CO)NC(C)C)C1. The highest BCUT2D eigenvalue weighted by atomic mass is 16.5. The second kappa shape index (κ2) is 9.70. The van der Waals surface area contributed by atoms with Crippen molar-refractivity contribution in [3.8, 4) is 0 Å². The molecule has 0 bridgehead atoms. The highest BCUT2D eigenvalue weighted by Crippen LogP contribution is 2.14. The molecule has 1 saturated heterocycles. The third-order valence-corrected chi connectivity index (χ3v) is 3.60. The number of likely N-dealkylation sites (tertiary alicyclic amines) is 1. The lowest BCUT2D eigenvalue weighted by atomic mass is 10.1. The van der Waals surface area contributed by atoms with Crippen LogP contribution in [0.3, 0.4) is 0 Å². The van der Waals surface area contributed by atoms with Gasteiger partial charge in [-0.15, -0.1) is 0 Å². The summed E-state index contributed by atoms with van der Waals surface area (Å²) in [6.07, 6.45) is 4.95. The molecule has 0 aromatic heterocycles. The molecule has 2 N–H and O–H groups in total. The molecule has 0 radical (unpaired) electrons. The van der Waals surface area contributed by atoms with Crippen LogP contribution in [0.5, 0.6) is 0 Å². The largest absolute Gasteiger partial charge is 0.395 e. The zero-order valence-electron chi connectivity index (χ0n) is 12.9. The summed E-state index contributed by atoms with van der Waals surface area (Å²) in [6.45, 7) is 10.8. The maximum Gasteiger partial charge on any atom is 0.0702 e. The normalized spacial score (nSPS) is 22.9. The molecule has 19 heavy (non-hydrogen) atoms. The lowest BCUT2D eigenvalue weighted by molar-refractivity contribution is -0.00132. The molecule has 0 aromatic carbocycles. The van der Waals surface area contributed by atoms with Crippen LogP contribution in [-0.4, -0.2) is 61.0 Å². The number of nitrogens with zero attached hydrogens (tertiary/aromatic N) is 1. The Hall–Kier alpha value is -0.160. The van der Waals surface area contributed by atoms with Crippen LogP contribution in [-0.2, 0) is 4.74 Å². The highest BCUT2D eigenvalue weighted by molar-refractivity contribution is 4.76. The Kier molecular flexibility index (Phi) is 8.62. The fraction of sp³-hybridized carbons (Fsp3) is 1.00. The minimum atomic E-state index is 0.219. The Balaban J connectivity index is 2.23. The first-order chi connectivity index (χ1) is 9.15. The average Bonchev–Trinajstić information content (AvgIpc) is 2.41. The highest BCUT2D eigenvalue weighted by Gasteiger charge is 2.20. The maximum atomic E-state index is 9.37. The van der Waals surface area contributed by atoms with Gasteiger partial charge in [-0.05, 0) is 38.8 Å². The van der Waals surface area contributed by atoms with Gasteiger partial charge in [0, 0.05) is 25.2 Å². The first-order valence-electron chi connectivity index (χ1n) is 7.86. The van der Waals surface area contributed by atoms with Crippen molar-refractivity contribution in [2.45, 2.75) is 64.6 Å². The van der Waals surface area contributed by atoms with E-state index >= 15 is 0 Å². The van der Waals surface area contributed by atoms with E-state index < -0.39 is 0 Å². The lowest BCUT2D eigenvalue weighted by Crippen LogP contribution is -2.44. The van der Waals surface area contributed by atoms with E-state index in [0.717, 1.165) is 32.5 Å². The van der Waals surface area contributed by atoms with Crippen LogP contribution >= 0.6 is 0 Å². The van der Waals surface area contributed by atoms with Crippen molar-refractivity contribution in [1.82, 2.24) is 10.2 Å². The molecule has 0 aromatic rings. The van der Waals surface area contributed by atoms with Crippen LogP contribution in [0.1, 0.15) is 46.5 Å². The van der Waals surface area contributed by atoms with Gasteiger partial charge in [0.15, 0.2) is 0 Å². The van der Waals surface area contributed by atoms with Crippen molar-refractivity contribution in [2.75, 3.05) is 32.8 Å². The van der Waals surface area contributed by atoms with Gasteiger partial charge in [0.05, 0.1) is 12.7 Å². The van der Waals surface area contributed by atoms with E-state index in [1.54, 1.807) is 0 Å².